The number of hydrogen-bond donors (Lipinski definition) is 1. The quantitative estimate of drug-likeness (QED) is 0.813. The number of methoxy groups -OCH3 is 1. The fourth-order valence-electron chi connectivity index (χ4n) is 1.99. The Morgan fingerprint density at radius 1 is 1.10 bits per heavy atom. The molecule has 2 aromatic carbocycles. The van der Waals surface area contributed by atoms with Crippen molar-refractivity contribution in [3.05, 3.63) is 60.2 Å². The van der Waals surface area contributed by atoms with Gasteiger partial charge in [-0.15, -0.1) is 0 Å². The molecule has 2 aromatic rings. The van der Waals surface area contributed by atoms with E-state index in [4.69, 9.17) is 4.74 Å². The molecule has 1 N–H and O–H groups in total. The van der Waals surface area contributed by atoms with Crippen LogP contribution in [0.5, 0.6) is 5.75 Å². The Morgan fingerprint density at radius 2 is 1.71 bits per heavy atom. The molecule has 0 bridgehead atoms. The molecule has 3 nitrogen and oxygen atoms in total. The molecule has 0 saturated carbocycles. The first kappa shape index (κ1) is 15.6. The van der Waals surface area contributed by atoms with E-state index in [9.17, 15) is 4.79 Å². The minimum absolute atomic E-state index is 0.0167. The van der Waals surface area contributed by atoms with Crippen LogP contribution in [0.25, 0.3) is 0 Å². The molecule has 0 spiro atoms. The van der Waals surface area contributed by atoms with Gasteiger partial charge in [-0.25, -0.2) is 0 Å². The molecule has 2 rings (SSSR count). The van der Waals surface area contributed by atoms with Gasteiger partial charge in [0.2, 0.25) is 5.91 Å². The summed E-state index contributed by atoms with van der Waals surface area (Å²) in [6.45, 7) is 1.91. The van der Waals surface area contributed by atoms with Crippen molar-refractivity contribution in [3.8, 4) is 5.75 Å². The minimum atomic E-state index is -0.186. The summed E-state index contributed by atoms with van der Waals surface area (Å²) in [5, 5.41) is 2.92. The Kier molecular flexibility index (Phi) is 5.39. The van der Waals surface area contributed by atoms with Gasteiger partial charge < -0.3 is 10.1 Å². The van der Waals surface area contributed by atoms with Crippen molar-refractivity contribution < 1.29 is 9.53 Å². The van der Waals surface area contributed by atoms with Crippen LogP contribution >= 0.6 is 15.9 Å². The zero-order chi connectivity index (χ0) is 15.2. The Morgan fingerprint density at radius 3 is 2.29 bits per heavy atom. The molecule has 110 valence electrons. The number of carbonyl (C=O) groups is 1. The van der Waals surface area contributed by atoms with Crippen LogP contribution in [0.2, 0.25) is 0 Å². The van der Waals surface area contributed by atoms with Gasteiger partial charge in [0.15, 0.2) is 0 Å². The van der Waals surface area contributed by atoms with Crippen molar-refractivity contribution in [1.82, 2.24) is 0 Å². The average Bonchev–Trinajstić information content (AvgIpc) is 2.55. The van der Waals surface area contributed by atoms with Crippen molar-refractivity contribution in [3.63, 3.8) is 0 Å². The van der Waals surface area contributed by atoms with Gasteiger partial charge in [0.1, 0.15) is 5.75 Å². The summed E-state index contributed by atoms with van der Waals surface area (Å²) in [5.41, 5.74) is 1.86. The topological polar surface area (TPSA) is 38.3 Å². The lowest BCUT2D eigenvalue weighted by Crippen LogP contribution is -2.23. The van der Waals surface area contributed by atoms with E-state index in [-0.39, 0.29) is 16.7 Å². The maximum absolute atomic E-state index is 12.3. The minimum Gasteiger partial charge on any atom is -0.497 e. The van der Waals surface area contributed by atoms with Gasteiger partial charge >= 0.3 is 0 Å². The average molecular weight is 348 g/mol. The number of anilines is 1. The van der Waals surface area contributed by atoms with Crippen molar-refractivity contribution in [2.24, 2.45) is 5.92 Å². The summed E-state index contributed by atoms with van der Waals surface area (Å²) in [5.74, 6) is 0.559. The van der Waals surface area contributed by atoms with Gasteiger partial charge in [-0.2, -0.15) is 0 Å². The lowest BCUT2D eigenvalue weighted by molar-refractivity contribution is -0.119. The SMILES string of the molecule is COc1ccc(NC(=O)[C@H](C)[C@@H](Br)c2ccccc2)cc1. The van der Waals surface area contributed by atoms with E-state index in [1.165, 1.54) is 0 Å². The lowest BCUT2D eigenvalue weighted by atomic mass is 10.00. The number of benzene rings is 2. The third-order valence-electron chi connectivity index (χ3n) is 3.33. The highest BCUT2D eigenvalue weighted by atomic mass is 79.9. The zero-order valence-electron chi connectivity index (χ0n) is 12.0. The third kappa shape index (κ3) is 4.08. The van der Waals surface area contributed by atoms with Crippen molar-refractivity contribution in [1.29, 1.82) is 0 Å². The third-order valence-corrected chi connectivity index (χ3v) is 4.65. The van der Waals surface area contributed by atoms with Crippen LogP contribution in [0.1, 0.15) is 17.3 Å². The van der Waals surface area contributed by atoms with Gasteiger partial charge in [0.25, 0.3) is 0 Å². The van der Waals surface area contributed by atoms with E-state index in [2.05, 4.69) is 21.2 Å². The molecule has 0 heterocycles. The second-order valence-corrected chi connectivity index (χ2v) is 5.81. The molecule has 4 heteroatoms. The predicted octanol–water partition coefficient (Wildman–Crippen LogP) is 4.41. The molecule has 0 saturated heterocycles. The Bertz CT molecular complexity index is 583. The maximum Gasteiger partial charge on any atom is 0.228 e. The van der Waals surface area contributed by atoms with Crippen LogP contribution in [-0.2, 0) is 4.79 Å². The van der Waals surface area contributed by atoms with Crippen LogP contribution in [0.15, 0.2) is 54.6 Å². The maximum atomic E-state index is 12.3. The van der Waals surface area contributed by atoms with Crippen LogP contribution in [0.4, 0.5) is 5.69 Å². The number of hydrogen-bond acceptors (Lipinski definition) is 2. The van der Waals surface area contributed by atoms with Crippen LogP contribution in [0, 0.1) is 5.92 Å². The number of ether oxygens (including phenoxy) is 1. The molecule has 2 atom stereocenters. The molecule has 0 radical (unpaired) electrons. The number of halogens is 1. The standard InChI is InChI=1S/C17H18BrNO2/c1-12(16(18)13-6-4-3-5-7-13)17(20)19-14-8-10-15(21-2)11-9-14/h3-12,16H,1-2H3,(H,19,20)/t12-,16-/m1/s1. The fraction of sp³-hybridized carbons (Fsp3) is 0.235. The smallest absolute Gasteiger partial charge is 0.228 e. The summed E-state index contributed by atoms with van der Waals surface area (Å²) in [4.78, 5) is 12.3. The van der Waals surface area contributed by atoms with E-state index in [0.717, 1.165) is 17.0 Å². The van der Waals surface area contributed by atoms with Crippen LogP contribution in [0.3, 0.4) is 0 Å². The molecule has 1 amide bonds. The number of amides is 1. The first-order chi connectivity index (χ1) is 10.1. The molecule has 0 aliphatic carbocycles. The van der Waals surface area contributed by atoms with Gasteiger partial charge in [-0.3, -0.25) is 4.79 Å². The molecule has 0 aromatic heterocycles. The number of alkyl halides is 1. The number of nitrogens with one attached hydrogen (secondary N) is 1. The molecule has 0 fully saturated rings. The van der Waals surface area contributed by atoms with Gasteiger partial charge in [0.05, 0.1) is 17.9 Å². The highest BCUT2D eigenvalue weighted by molar-refractivity contribution is 9.09. The number of carbonyl (C=O) groups excluding carboxylic acids is 1. The normalized spacial score (nSPS) is 13.3. The molecule has 21 heavy (non-hydrogen) atoms. The van der Waals surface area contributed by atoms with Crippen molar-refractivity contribution >= 4 is 27.5 Å². The highest BCUT2D eigenvalue weighted by Crippen LogP contribution is 2.31. The van der Waals surface area contributed by atoms with Crippen molar-refractivity contribution in [2.75, 3.05) is 12.4 Å². The predicted molar refractivity (Wildman–Crippen MR) is 88.9 cm³/mol. The Labute approximate surface area is 133 Å². The molecule has 0 aliphatic rings. The summed E-state index contributed by atoms with van der Waals surface area (Å²) < 4.78 is 5.10. The van der Waals surface area contributed by atoms with E-state index < -0.39 is 0 Å². The first-order valence-electron chi connectivity index (χ1n) is 6.75. The second kappa shape index (κ2) is 7.27. The van der Waals surface area contributed by atoms with E-state index >= 15 is 0 Å². The fourth-order valence-corrected chi connectivity index (χ4v) is 2.53. The van der Waals surface area contributed by atoms with E-state index in [0.29, 0.717) is 0 Å². The van der Waals surface area contributed by atoms with Crippen LogP contribution < -0.4 is 10.1 Å². The van der Waals surface area contributed by atoms with Gasteiger partial charge in [0, 0.05) is 5.69 Å². The first-order valence-corrected chi connectivity index (χ1v) is 7.67. The van der Waals surface area contributed by atoms with Crippen molar-refractivity contribution in [2.45, 2.75) is 11.8 Å². The summed E-state index contributed by atoms with van der Waals surface area (Å²) in [7, 11) is 1.62. The monoisotopic (exact) mass is 347 g/mol. The summed E-state index contributed by atoms with van der Waals surface area (Å²) in [6, 6.07) is 17.2. The lowest BCUT2D eigenvalue weighted by Gasteiger charge is -2.18. The summed E-state index contributed by atoms with van der Waals surface area (Å²) in [6.07, 6.45) is 0. The largest absolute Gasteiger partial charge is 0.497 e. The van der Waals surface area contributed by atoms with E-state index in [1.807, 2.05) is 61.5 Å². The number of rotatable bonds is 5. The van der Waals surface area contributed by atoms with Gasteiger partial charge in [-0.1, -0.05) is 53.2 Å². The Hall–Kier alpha value is -1.81. The molecule has 0 unspecified atom stereocenters. The molecule has 0 aliphatic heterocycles. The second-order valence-electron chi connectivity index (χ2n) is 4.82. The Balaban J connectivity index is 2.01. The van der Waals surface area contributed by atoms with Gasteiger partial charge in [-0.05, 0) is 29.8 Å². The van der Waals surface area contributed by atoms with E-state index in [1.54, 1.807) is 7.11 Å². The zero-order valence-corrected chi connectivity index (χ0v) is 13.6. The van der Waals surface area contributed by atoms with Crippen LogP contribution in [-0.4, -0.2) is 13.0 Å². The molecular weight excluding hydrogens is 330 g/mol. The highest BCUT2D eigenvalue weighted by Gasteiger charge is 2.23. The molecular formula is C17H18BrNO2. The summed E-state index contributed by atoms with van der Waals surface area (Å²) >= 11 is 3.61.